The highest BCUT2D eigenvalue weighted by atomic mass is 32.1. The van der Waals surface area contributed by atoms with Gasteiger partial charge in [-0.1, -0.05) is 23.5 Å². The van der Waals surface area contributed by atoms with E-state index in [4.69, 9.17) is 4.98 Å². The molecule has 0 radical (unpaired) electrons. The first-order chi connectivity index (χ1) is 12.1. The van der Waals surface area contributed by atoms with Crippen molar-refractivity contribution in [1.29, 1.82) is 0 Å². The van der Waals surface area contributed by atoms with Crippen LogP contribution in [0.3, 0.4) is 0 Å². The number of para-hydroxylation sites is 1. The van der Waals surface area contributed by atoms with Gasteiger partial charge in [0.1, 0.15) is 6.04 Å². The highest BCUT2D eigenvalue weighted by Gasteiger charge is 2.27. The molecule has 1 amide bonds. The second kappa shape index (κ2) is 6.48. The molecule has 0 spiro atoms. The van der Waals surface area contributed by atoms with Crippen LogP contribution in [0.4, 0.5) is 5.13 Å². The zero-order valence-electron chi connectivity index (χ0n) is 14.4. The monoisotopic (exact) mass is 355 g/mol. The minimum absolute atomic E-state index is 0.132. The summed E-state index contributed by atoms with van der Waals surface area (Å²) >= 11 is 1.72. The molecule has 7 heteroatoms. The van der Waals surface area contributed by atoms with E-state index < -0.39 is 0 Å². The van der Waals surface area contributed by atoms with Crippen molar-refractivity contribution in [3.63, 3.8) is 0 Å². The van der Waals surface area contributed by atoms with Crippen LogP contribution in [0.25, 0.3) is 10.2 Å². The van der Waals surface area contributed by atoms with Crippen molar-refractivity contribution in [1.82, 2.24) is 19.7 Å². The number of hydrogen-bond donors (Lipinski definition) is 0. The van der Waals surface area contributed by atoms with Crippen LogP contribution in [-0.2, 0) is 4.79 Å². The van der Waals surface area contributed by atoms with Crippen molar-refractivity contribution in [2.75, 3.05) is 31.1 Å². The Hall–Kier alpha value is -2.41. The van der Waals surface area contributed by atoms with E-state index >= 15 is 0 Å². The minimum Gasteiger partial charge on any atom is -0.345 e. The van der Waals surface area contributed by atoms with Gasteiger partial charge in [0.2, 0.25) is 5.91 Å². The van der Waals surface area contributed by atoms with Crippen LogP contribution in [0.1, 0.15) is 18.5 Å². The van der Waals surface area contributed by atoms with Crippen LogP contribution in [0, 0.1) is 6.92 Å². The summed E-state index contributed by atoms with van der Waals surface area (Å²) in [4.78, 5) is 21.7. The normalized spacial score (nSPS) is 16.4. The fourth-order valence-electron chi connectivity index (χ4n) is 3.14. The zero-order chi connectivity index (χ0) is 17.4. The minimum atomic E-state index is -0.261. The number of anilines is 1. The van der Waals surface area contributed by atoms with E-state index in [1.807, 2.05) is 43.1 Å². The first-order valence-corrected chi connectivity index (χ1v) is 9.33. The second-order valence-electron chi connectivity index (χ2n) is 6.45. The van der Waals surface area contributed by atoms with Crippen molar-refractivity contribution < 1.29 is 4.79 Å². The number of aromatic nitrogens is 3. The lowest BCUT2D eigenvalue weighted by Crippen LogP contribution is -2.50. The Balaban J connectivity index is 1.41. The van der Waals surface area contributed by atoms with Crippen LogP contribution in [0.2, 0.25) is 0 Å². The molecule has 1 aliphatic heterocycles. The Morgan fingerprint density at radius 2 is 1.96 bits per heavy atom. The van der Waals surface area contributed by atoms with Gasteiger partial charge in [0.05, 0.1) is 16.4 Å². The lowest BCUT2D eigenvalue weighted by atomic mass is 10.2. The average Bonchev–Trinajstić information content (AvgIpc) is 3.26. The number of fused-ring (bicyclic) bond motifs is 1. The largest absolute Gasteiger partial charge is 0.345 e. The highest BCUT2D eigenvalue weighted by molar-refractivity contribution is 7.22. The SMILES string of the molecule is Cc1cnn(C(C)C(=O)N2CCN(c3nc4ccccc4s3)CC2)c1. The fourth-order valence-corrected chi connectivity index (χ4v) is 4.15. The van der Waals surface area contributed by atoms with Gasteiger partial charge in [0.15, 0.2) is 5.13 Å². The molecular formula is C18H21N5OS. The predicted molar refractivity (Wildman–Crippen MR) is 100 cm³/mol. The third-order valence-corrected chi connectivity index (χ3v) is 5.73. The molecule has 1 aromatic carbocycles. The molecular weight excluding hydrogens is 334 g/mol. The molecule has 25 heavy (non-hydrogen) atoms. The van der Waals surface area contributed by atoms with Gasteiger partial charge < -0.3 is 9.80 Å². The van der Waals surface area contributed by atoms with Gasteiger partial charge in [-0.3, -0.25) is 9.48 Å². The highest BCUT2D eigenvalue weighted by Crippen LogP contribution is 2.29. The number of nitrogens with zero attached hydrogens (tertiary/aromatic N) is 5. The molecule has 3 heterocycles. The number of carbonyl (C=O) groups is 1. The standard InChI is InChI=1S/C18H21N5OS/c1-13-11-19-23(12-13)14(2)17(24)21-7-9-22(10-8-21)18-20-15-5-3-4-6-16(15)25-18/h3-6,11-12,14H,7-10H2,1-2H3. The number of hydrogen-bond acceptors (Lipinski definition) is 5. The van der Waals surface area contributed by atoms with Crippen LogP contribution in [0.15, 0.2) is 36.7 Å². The molecule has 2 aromatic heterocycles. The summed E-state index contributed by atoms with van der Waals surface area (Å²) in [6, 6.07) is 7.94. The lowest BCUT2D eigenvalue weighted by Gasteiger charge is -2.35. The Morgan fingerprint density at radius 3 is 2.64 bits per heavy atom. The molecule has 130 valence electrons. The maximum atomic E-state index is 12.7. The maximum absolute atomic E-state index is 12.7. The Labute approximate surface area is 150 Å². The molecule has 1 unspecified atom stereocenters. The van der Waals surface area contributed by atoms with Crippen molar-refractivity contribution in [3.05, 3.63) is 42.2 Å². The number of carbonyl (C=O) groups excluding carboxylic acids is 1. The van der Waals surface area contributed by atoms with E-state index in [2.05, 4.69) is 16.1 Å². The Morgan fingerprint density at radius 1 is 1.20 bits per heavy atom. The third kappa shape index (κ3) is 3.11. The molecule has 0 N–H and O–H groups in total. The smallest absolute Gasteiger partial charge is 0.247 e. The summed E-state index contributed by atoms with van der Waals surface area (Å²) in [6.07, 6.45) is 3.70. The molecule has 0 bridgehead atoms. The van der Waals surface area contributed by atoms with E-state index in [1.165, 1.54) is 4.70 Å². The summed E-state index contributed by atoms with van der Waals surface area (Å²) in [5, 5.41) is 5.31. The molecule has 1 fully saturated rings. The number of piperazine rings is 1. The van der Waals surface area contributed by atoms with Gasteiger partial charge in [-0.2, -0.15) is 5.10 Å². The molecule has 4 rings (SSSR count). The van der Waals surface area contributed by atoms with Gasteiger partial charge in [0.25, 0.3) is 0 Å². The molecule has 6 nitrogen and oxygen atoms in total. The van der Waals surface area contributed by atoms with E-state index in [-0.39, 0.29) is 11.9 Å². The van der Waals surface area contributed by atoms with Crippen molar-refractivity contribution in [3.8, 4) is 0 Å². The van der Waals surface area contributed by atoms with Gasteiger partial charge in [0, 0.05) is 32.4 Å². The van der Waals surface area contributed by atoms with Gasteiger partial charge in [-0.15, -0.1) is 0 Å². The molecule has 3 aromatic rings. The number of aryl methyl sites for hydroxylation is 1. The molecule has 1 atom stereocenters. The zero-order valence-corrected chi connectivity index (χ0v) is 15.2. The summed E-state index contributed by atoms with van der Waals surface area (Å²) in [5.41, 5.74) is 2.11. The van der Waals surface area contributed by atoms with E-state index in [1.54, 1.807) is 22.2 Å². The topological polar surface area (TPSA) is 54.3 Å². The summed E-state index contributed by atoms with van der Waals surface area (Å²) < 4.78 is 2.95. The summed E-state index contributed by atoms with van der Waals surface area (Å²) in [7, 11) is 0. The number of rotatable bonds is 3. The van der Waals surface area contributed by atoms with Gasteiger partial charge >= 0.3 is 0 Å². The quantitative estimate of drug-likeness (QED) is 0.725. The number of benzene rings is 1. The van der Waals surface area contributed by atoms with E-state index in [0.717, 1.165) is 42.4 Å². The molecule has 0 aliphatic carbocycles. The lowest BCUT2D eigenvalue weighted by molar-refractivity contribution is -0.134. The summed E-state index contributed by atoms with van der Waals surface area (Å²) in [6.45, 7) is 6.97. The second-order valence-corrected chi connectivity index (χ2v) is 7.46. The summed E-state index contributed by atoms with van der Waals surface area (Å²) in [5.74, 6) is 0.132. The first kappa shape index (κ1) is 16.1. The van der Waals surface area contributed by atoms with Crippen molar-refractivity contribution >= 4 is 32.6 Å². The van der Waals surface area contributed by atoms with Crippen LogP contribution >= 0.6 is 11.3 Å². The third-order valence-electron chi connectivity index (χ3n) is 4.63. The van der Waals surface area contributed by atoms with Crippen LogP contribution < -0.4 is 4.90 Å². The van der Waals surface area contributed by atoms with Crippen molar-refractivity contribution in [2.24, 2.45) is 0 Å². The molecule has 1 aliphatic rings. The van der Waals surface area contributed by atoms with E-state index in [0.29, 0.717) is 0 Å². The first-order valence-electron chi connectivity index (χ1n) is 8.52. The Kier molecular flexibility index (Phi) is 4.17. The maximum Gasteiger partial charge on any atom is 0.247 e. The Bertz CT molecular complexity index is 861. The van der Waals surface area contributed by atoms with Crippen LogP contribution in [-0.4, -0.2) is 51.8 Å². The number of thiazole rings is 1. The predicted octanol–water partition coefficient (Wildman–Crippen LogP) is 2.71. The fraction of sp³-hybridized carbons (Fsp3) is 0.389. The number of amides is 1. The van der Waals surface area contributed by atoms with Gasteiger partial charge in [-0.25, -0.2) is 4.98 Å². The van der Waals surface area contributed by atoms with Crippen LogP contribution in [0.5, 0.6) is 0 Å². The average molecular weight is 355 g/mol. The molecule has 0 saturated carbocycles. The van der Waals surface area contributed by atoms with E-state index in [9.17, 15) is 4.79 Å². The molecule has 1 saturated heterocycles. The van der Waals surface area contributed by atoms with Crippen molar-refractivity contribution in [2.45, 2.75) is 19.9 Å². The van der Waals surface area contributed by atoms with Gasteiger partial charge in [-0.05, 0) is 31.5 Å².